The van der Waals surface area contributed by atoms with Gasteiger partial charge >= 0.3 is 6.09 Å². The molecule has 7 rings (SSSR count). The molecule has 0 bridgehead atoms. The molecule has 1 amide bonds. The predicted octanol–water partition coefficient (Wildman–Crippen LogP) is 8.99. The van der Waals surface area contributed by atoms with E-state index in [2.05, 4.69) is 233 Å². The van der Waals surface area contributed by atoms with Crippen molar-refractivity contribution in [3.63, 3.8) is 0 Å². The molecule has 4 N–H and O–H groups in total. The highest BCUT2D eigenvalue weighted by atomic mass is 16.6. The van der Waals surface area contributed by atoms with E-state index in [1.165, 1.54) is 97.0 Å². The minimum Gasteiger partial charge on any atom is -0.444 e. The molecule has 6 fully saturated rings. The number of hydrogen-bond donors (Lipinski definition) is 4. The van der Waals surface area contributed by atoms with Crippen molar-refractivity contribution >= 4 is 6.09 Å². The SMILES string of the molecule is CC(C)(C)N1CCC(NCCO)CC1.CC(C)(C)NCCN1CCOCC1.CC(C)(C)OC(=O)N1CC=C(C(C)(C)C)CC1.CC(C)(C)OCCN1CCNCC1.CC(C)(C)OCCN1CCOCC1.CN(C)CCN1CCN(C(C)(C)C)CC1.CN1CCN(CCOC(C)(C)C)CC1. The number of morpholine rings is 2. The molecule has 7 heterocycles. The van der Waals surface area contributed by atoms with E-state index in [1.807, 2.05) is 20.8 Å². The third kappa shape index (κ3) is 53.7. The standard InChI is InChI=1S/C14H25NO2.C12H27N3.2C11H24N2O.2C10H22N2O.C10H21NO2/c1-13(2,3)11-7-9-15(10-8-11)12(16)17-14(4,5)6;1-12(2,3)15-10-8-14(9-11-15)7-6-13(4)5;1-11(2,3)14-10-9-13-7-5-12(4)6-8-13;1-11(2,3)13-7-4-10(5-8-13)12-6-9-14;1-10(2,3)13-9-8-12-6-4-11-5-7-12;1-10(2,3)11-4-5-12-6-8-13-9-7-12;1-10(2,3)13-9-6-11-4-7-12-8-5-11/h7H,8-10H2,1-6H3;6-11H2,1-5H3;5-10H2,1-4H3;10,12,14H,4-9H2,1-3H3;2*11H,4-9H2,1-3H3;4-9H2,1-3H3. The normalized spacial score (nSPS) is 20.4. The van der Waals surface area contributed by atoms with Gasteiger partial charge in [0.1, 0.15) is 5.60 Å². The highest BCUT2D eigenvalue weighted by molar-refractivity contribution is 5.68. The van der Waals surface area contributed by atoms with E-state index >= 15 is 0 Å². The summed E-state index contributed by atoms with van der Waals surface area (Å²) in [5.74, 6) is 0. The number of likely N-dealkylation sites (N-methyl/N-ethyl adjacent to an activating group) is 2. The largest absolute Gasteiger partial charge is 0.444 e. The van der Waals surface area contributed by atoms with Gasteiger partial charge in [-0.15, -0.1) is 0 Å². The van der Waals surface area contributed by atoms with Gasteiger partial charge < -0.3 is 64.2 Å². The number of nitrogens with one attached hydrogen (secondary N) is 3. The second-order valence-electron chi connectivity index (χ2n) is 36.3. The van der Waals surface area contributed by atoms with Crippen molar-refractivity contribution in [2.45, 2.75) is 230 Å². The maximum Gasteiger partial charge on any atom is 0.410 e. The fourth-order valence-corrected chi connectivity index (χ4v) is 11.5. The van der Waals surface area contributed by atoms with Crippen LogP contribution in [0.4, 0.5) is 4.79 Å². The van der Waals surface area contributed by atoms with Crippen molar-refractivity contribution in [1.29, 1.82) is 0 Å². The van der Waals surface area contributed by atoms with E-state index in [0.717, 1.165) is 151 Å². The van der Waals surface area contributed by atoms with Gasteiger partial charge in [-0.3, -0.25) is 34.3 Å². The molecule has 0 saturated carbocycles. The van der Waals surface area contributed by atoms with E-state index in [1.54, 1.807) is 4.90 Å². The van der Waals surface area contributed by atoms with Gasteiger partial charge in [-0.25, -0.2) is 4.79 Å². The summed E-state index contributed by atoms with van der Waals surface area (Å²) in [6.07, 6.45) is 5.31. The average Bonchev–Trinajstić information content (AvgIpc) is 0.863. The fraction of sp³-hybridized carbons (Fsp3) is 0.962. The van der Waals surface area contributed by atoms with Gasteiger partial charge in [0.2, 0.25) is 0 Å². The molecule has 0 aromatic carbocycles. The zero-order valence-electron chi connectivity index (χ0n) is 70.0. The second kappa shape index (κ2) is 48.5. The van der Waals surface area contributed by atoms with Gasteiger partial charge in [0.05, 0.1) is 69.7 Å². The first-order chi connectivity index (χ1) is 45.7. The first kappa shape index (κ1) is 95.3. The molecule has 6 saturated heterocycles. The van der Waals surface area contributed by atoms with Gasteiger partial charge in [0.15, 0.2) is 0 Å². The number of aliphatic hydroxyl groups excluding tert-OH is 1. The topological polar surface area (TPSA) is 161 Å². The van der Waals surface area contributed by atoms with Crippen LogP contribution in [0.5, 0.6) is 0 Å². The lowest BCUT2D eigenvalue weighted by Gasteiger charge is -2.42. The summed E-state index contributed by atoms with van der Waals surface area (Å²) in [6, 6.07) is 0.612. The summed E-state index contributed by atoms with van der Waals surface area (Å²) < 4.78 is 32.9. The first-order valence-corrected chi connectivity index (χ1v) is 38.7. The van der Waals surface area contributed by atoms with Crippen molar-refractivity contribution in [2.75, 3.05) is 257 Å². The van der Waals surface area contributed by atoms with E-state index in [-0.39, 0.29) is 40.5 Å². The number of carbonyl (C=O) groups excluding carboxylic acids is 1. The third-order valence-corrected chi connectivity index (χ3v) is 17.9. The number of amides is 1. The summed E-state index contributed by atoms with van der Waals surface area (Å²) >= 11 is 0. The zero-order valence-corrected chi connectivity index (χ0v) is 70.0. The quantitative estimate of drug-likeness (QED) is 0.0962. The zero-order chi connectivity index (χ0) is 75.2. The van der Waals surface area contributed by atoms with Gasteiger partial charge in [0.25, 0.3) is 0 Å². The lowest BCUT2D eigenvalue weighted by atomic mass is 9.83. The van der Waals surface area contributed by atoms with Crippen LogP contribution in [0.2, 0.25) is 0 Å². The van der Waals surface area contributed by atoms with E-state index < -0.39 is 5.60 Å². The smallest absolute Gasteiger partial charge is 0.410 e. The van der Waals surface area contributed by atoms with Crippen LogP contribution >= 0.6 is 0 Å². The molecule has 21 nitrogen and oxygen atoms in total. The van der Waals surface area contributed by atoms with Crippen LogP contribution in [0.1, 0.15) is 185 Å². The molecule has 0 spiro atoms. The van der Waals surface area contributed by atoms with Crippen molar-refractivity contribution in [2.24, 2.45) is 5.41 Å². The molecule has 99 heavy (non-hydrogen) atoms. The second-order valence-corrected chi connectivity index (χ2v) is 36.3. The number of piperazine rings is 3. The van der Waals surface area contributed by atoms with Crippen molar-refractivity contribution in [3.8, 4) is 0 Å². The fourth-order valence-electron chi connectivity index (χ4n) is 11.5. The molecule has 0 aromatic rings. The molecule has 0 unspecified atom stereocenters. The van der Waals surface area contributed by atoms with Crippen LogP contribution in [0.3, 0.4) is 0 Å². The summed E-state index contributed by atoms with van der Waals surface area (Å²) in [6.45, 7) is 88.6. The highest BCUT2D eigenvalue weighted by Gasteiger charge is 2.30. The molecular weight excluding hydrogens is 1250 g/mol. The molecule has 21 heteroatoms. The number of rotatable bonds is 18. The molecule has 0 aliphatic carbocycles. The Labute approximate surface area is 611 Å². The third-order valence-electron chi connectivity index (χ3n) is 17.9. The molecular formula is C78H165N13O8. The summed E-state index contributed by atoms with van der Waals surface area (Å²) in [5, 5.41) is 18.9. The van der Waals surface area contributed by atoms with Crippen LogP contribution < -0.4 is 16.0 Å². The van der Waals surface area contributed by atoms with Gasteiger partial charge in [-0.2, -0.15) is 0 Å². The Hall–Kier alpha value is -1.71. The van der Waals surface area contributed by atoms with E-state index in [9.17, 15) is 4.79 Å². The minimum atomic E-state index is -0.412. The Morgan fingerprint density at radius 3 is 1.29 bits per heavy atom. The molecule has 590 valence electrons. The predicted molar refractivity (Wildman–Crippen MR) is 418 cm³/mol. The molecule has 0 aromatic heterocycles. The number of hydrogen-bond acceptors (Lipinski definition) is 20. The van der Waals surface area contributed by atoms with Gasteiger partial charge in [-0.1, -0.05) is 32.4 Å². The molecule has 0 radical (unpaired) electrons. The number of carbonyl (C=O) groups is 1. The van der Waals surface area contributed by atoms with Gasteiger partial charge in [0, 0.05) is 206 Å². The molecule has 7 aliphatic heterocycles. The van der Waals surface area contributed by atoms with E-state index in [4.69, 9.17) is 33.5 Å². The van der Waals surface area contributed by atoms with Crippen LogP contribution in [0.25, 0.3) is 0 Å². The van der Waals surface area contributed by atoms with Crippen LogP contribution in [-0.2, 0) is 28.4 Å². The first-order valence-electron chi connectivity index (χ1n) is 38.7. The number of nitrogens with zero attached hydrogens (tertiary/aromatic N) is 10. The Balaban J connectivity index is 0.000000579. The Kier molecular flexibility index (Phi) is 46.7. The monoisotopic (exact) mass is 1410 g/mol. The lowest BCUT2D eigenvalue weighted by Crippen LogP contribution is -2.54. The number of likely N-dealkylation sites (tertiary alicyclic amines) is 1. The summed E-state index contributed by atoms with van der Waals surface area (Å²) in [5.41, 5.74) is 2.12. The van der Waals surface area contributed by atoms with Crippen molar-refractivity contribution < 1.29 is 38.3 Å². The Morgan fingerprint density at radius 2 is 0.919 bits per heavy atom. The average molecular weight is 1410 g/mol. The number of ether oxygens (including phenoxy) is 6. The Morgan fingerprint density at radius 1 is 0.515 bits per heavy atom. The van der Waals surface area contributed by atoms with Crippen molar-refractivity contribution in [1.82, 2.24) is 64.9 Å². The van der Waals surface area contributed by atoms with Crippen LogP contribution in [0.15, 0.2) is 11.6 Å². The van der Waals surface area contributed by atoms with Crippen LogP contribution in [-0.4, -0.2) is 363 Å². The molecule has 7 aliphatic rings. The summed E-state index contributed by atoms with van der Waals surface area (Å²) in [4.78, 5) is 35.7. The maximum absolute atomic E-state index is 11.8. The minimum absolute atomic E-state index is 0.00653. The number of piperidine rings is 1. The van der Waals surface area contributed by atoms with Gasteiger partial charge in [-0.05, 0) is 191 Å². The number of aliphatic hydroxyl groups is 1. The van der Waals surface area contributed by atoms with Crippen molar-refractivity contribution in [3.05, 3.63) is 11.6 Å². The van der Waals surface area contributed by atoms with E-state index in [0.29, 0.717) is 23.7 Å². The highest BCUT2D eigenvalue weighted by Crippen LogP contribution is 2.30. The summed E-state index contributed by atoms with van der Waals surface area (Å²) in [7, 11) is 6.47. The lowest BCUT2D eigenvalue weighted by molar-refractivity contribution is -0.0283. The maximum atomic E-state index is 11.8. The van der Waals surface area contributed by atoms with Crippen LogP contribution in [0, 0.1) is 5.41 Å². The Bertz CT molecular complexity index is 1930. The molecule has 0 atom stereocenters.